The third-order valence-electron chi connectivity index (χ3n) is 4.61. The first-order valence-corrected chi connectivity index (χ1v) is 6.87. The lowest BCUT2D eigenvalue weighted by Gasteiger charge is -2.32. The van der Waals surface area contributed by atoms with Gasteiger partial charge in [0, 0.05) is 22.3 Å². The van der Waals surface area contributed by atoms with Gasteiger partial charge in [0.25, 0.3) is 0 Å². The molecule has 0 radical (unpaired) electrons. The van der Waals surface area contributed by atoms with Gasteiger partial charge in [-0.3, -0.25) is 13.8 Å². The first-order chi connectivity index (χ1) is 7.61. The van der Waals surface area contributed by atoms with Gasteiger partial charge in [0.2, 0.25) is 0 Å². The van der Waals surface area contributed by atoms with E-state index in [2.05, 4.69) is 0 Å². The van der Waals surface area contributed by atoms with E-state index in [1.54, 1.807) is 0 Å². The summed E-state index contributed by atoms with van der Waals surface area (Å²) in [5, 5.41) is 0. The molecule has 0 amide bonds. The van der Waals surface area contributed by atoms with Crippen LogP contribution in [0, 0.1) is 10.8 Å². The normalized spacial score (nSPS) is 57.6. The minimum absolute atomic E-state index is 0.235. The Kier molecular flexibility index (Phi) is 1.40. The van der Waals surface area contributed by atoms with E-state index in [0.717, 1.165) is 12.8 Å². The molecule has 0 N–H and O–H groups in total. The van der Waals surface area contributed by atoms with Crippen molar-refractivity contribution in [1.29, 1.82) is 0 Å². The molecular weight excluding hydrogens is 232 g/mol. The Labute approximate surface area is 93.9 Å². The maximum Gasteiger partial charge on any atom is 0.324 e. The summed E-state index contributed by atoms with van der Waals surface area (Å²) >= 11 is 0. The molecule has 0 aliphatic carbocycles. The van der Waals surface area contributed by atoms with E-state index >= 15 is 0 Å². The minimum Gasteiger partial charge on any atom is -0.392 e. The van der Waals surface area contributed by atoms with Gasteiger partial charge in [-0.2, -0.15) is 0 Å². The molecule has 6 heteroatoms. The van der Waals surface area contributed by atoms with Crippen molar-refractivity contribution in [3.05, 3.63) is 0 Å². The molecule has 4 aliphatic rings. The van der Waals surface area contributed by atoms with Gasteiger partial charge in [-0.15, -0.1) is 0 Å². The lowest BCUT2D eigenvalue weighted by Crippen LogP contribution is -2.51. The number of ether oxygens (including phenoxy) is 2. The molecule has 4 atom stereocenters. The molecule has 0 aromatic heterocycles. The fourth-order valence-corrected chi connectivity index (χ4v) is 6.19. The molecule has 0 aromatic rings. The van der Waals surface area contributed by atoms with Crippen LogP contribution in [0.25, 0.3) is 0 Å². The summed E-state index contributed by atoms with van der Waals surface area (Å²) in [6.45, 7) is 0. The maximum atomic E-state index is 11.9. The smallest absolute Gasteiger partial charge is 0.324 e. The fourth-order valence-electron chi connectivity index (χ4n) is 3.95. The van der Waals surface area contributed by atoms with Crippen LogP contribution >= 0.6 is 0 Å². The summed E-state index contributed by atoms with van der Waals surface area (Å²) in [6, 6.07) is 0. The third-order valence-corrected chi connectivity index (χ3v) is 6.16. The average Bonchev–Trinajstić information content (AvgIpc) is 2.86. The summed E-state index contributed by atoms with van der Waals surface area (Å²) in [5.41, 5.74) is -1.84. The molecule has 2 bridgehead atoms. The monoisotopic (exact) mass is 242 g/mol. The van der Waals surface area contributed by atoms with Crippen molar-refractivity contribution in [2.45, 2.75) is 25.0 Å². The van der Waals surface area contributed by atoms with E-state index in [4.69, 9.17) is 9.47 Å². The largest absolute Gasteiger partial charge is 0.392 e. The fraction of sp³-hybridized carbons (Fsp3) is 0.800. The summed E-state index contributed by atoms with van der Waals surface area (Å²) in [7, 11) is -1.10. The highest BCUT2D eigenvalue weighted by atomic mass is 32.2. The number of cyclic esters (lactones) is 2. The van der Waals surface area contributed by atoms with Gasteiger partial charge in [0.15, 0.2) is 0 Å². The number of rotatable bonds is 0. The first kappa shape index (κ1) is 9.30. The molecule has 4 saturated heterocycles. The second-order valence-electron chi connectivity index (χ2n) is 5.04. The van der Waals surface area contributed by atoms with Crippen LogP contribution in [0.1, 0.15) is 12.8 Å². The van der Waals surface area contributed by atoms with Crippen LogP contribution in [-0.4, -0.2) is 39.9 Å². The third kappa shape index (κ3) is 0.651. The van der Waals surface area contributed by atoms with Crippen LogP contribution in [-0.2, 0) is 29.9 Å². The Morgan fingerprint density at radius 1 is 1.06 bits per heavy atom. The molecule has 0 spiro atoms. The Hall–Kier alpha value is -0.750. The van der Waals surface area contributed by atoms with Crippen molar-refractivity contribution in [3.63, 3.8) is 0 Å². The molecule has 0 aromatic carbocycles. The van der Waals surface area contributed by atoms with Gasteiger partial charge in [0.05, 0.1) is 12.2 Å². The van der Waals surface area contributed by atoms with E-state index in [1.807, 2.05) is 0 Å². The number of hydrogen-bond acceptors (Lipinski definition) is 5. The number of carbonyl (C=O) groups excluding carboxylic acids is 2. The van der Waals surface area contributed by atoms with Gasteiger partial charge < -0.3 is 9.47 Å². The van der Waals surface area contributed by atoms with Crippen molar-refractivity contribution < 1.29 is 23.3 Å². The quantitative estimate of drug-likeness (QED) is 0.417. The van der Waals surface area contributed by atoms with E-state index in [-0.39, 0.29) is 23.7 Å². The topological polar surface area (TPSA) is 69.7 Å². The van der Waals surface area contributed by atoms with Gasteiger partial charge in [-0.25, -0.2) is 0 Å². The zero-order chi connectivity index (χ0) is 11.1. The summed E-state index contributed by atoms with van der Waals surface area (Å²) in [5.74, 6) is -0.539. The van der Waals surface area contributed by atoms with Gasteiger partial charge >= 0.3 is 11.9 Å². The second-order valence-corrected chi connectivity index (χ2v) is 6.50. The van der Waals surface area contributed by atoms with Crippen LogP contribution in [0.5, 0.6) is 0 Å². The van der Waals surface area contributed by atoms with Crippen molar-refractivity contribution in [1.82, 2.24) is 0 Å². The van der Waals surface area contributed by atoms with Crippen molar-refractivity contribution in [2.75, 3.05) is 11.5 Å². The molecule has 4 fully saturated rings. The molecule has 86 valence electrons. The van der Waals surface area contributed by atoms with E-state index < -0.39 is 33.6 Å². The van der Waals surface area contributed by atoms with Crippen molar-refractivity contribution in [3.8, 4) is 0 Å². The average molecular weight is 242 g/mol. The zero-order valence-electron chi connectivity index (χ0n) is 8.43. The SMILES string of the molecule is O=C1OC(=O)C23CS(=O)CC12C1CCC3O1. The molecule has 4 heterocycles. The van der Waals surface area contributed by atoms with Crippen molar-refractivity contribution >= 4 is 22.7 Å². The van der Waals surface area contributed by atoms with E-state index in [9.17, 15) is 13.8 Å². The molecule has 5 nitrogen and oxygen atoms in total. The lowest BCUT2D eigenvalue weighted by molar-refractivity contribution is -0.159. The Morgan fingerprint density at radius 2 is 1.56 bits per heavy atom. The molecule has 4 unspecified atom stereocenters. The first-order valence-electron chi connectivity index (χ1n) is 5.38. The van der Waals surface area contributed by atoms with Crippen molar-refractivity contribution in [2.24, 2.45) is 10.8 Å². The Morgan fingerprint density at radius 3 is 2.06 bits per heavy atom. The number of carbonyl (C=O) groups is 2. The second kappa shape index (κ2) is 2.41. The van der Waals surface area contributed by atoms with Crippen LogP contribution in [0.4, 0.5) is 0 Å². The molecular formula is C10H10O5S. The molecule has 16 heavy (non-hydrogen) atoms. The number of hydrogen-bond donors (Lipinski definition) is 0. The van der Waals surface area contributed by atoms with Crippen LogP contribution in [0.2, 0.25) is 0 Å². The standard InChI is InChI=1S/C10H10O5S/c11-7-9-3-16(13)4-10(9,8(12)15-7)6-2-1-5(9)14-6/h5-6H,1-4H2. The predicted molar refractivity (Wildman–Crippen MR) is 51.7 cm³/mol. The minimum atomic E-state index is -1.10. The van der Waals surface area contributed by atoms with E-state index in [0.29, 0.717) is 0 Å². The van der Waals surface area contributed by atoms with Crippen LogP contribution in [0.15, 0.2) is 0 Å². The molecule has 4 aliphatic heterocycles. The molecule has 0 saturated carbocycles. The summed E-state index contributed by atoms with van der Waals surface area (Å²) in [6.07, 6.45) is 1.02. The highest BCUT2D eigenvalue weighted by molar-refractivity contribution is 7.85. The molecule has 4 rings (SSSR count). The van der Waals surface area contributed by atoms with E-state index in [1.165, 1.54) is 0 Å². The Balaban J connectivity index is 2.02. The highest BCUT2D eigenvalue weighted by Crippen LogP contribution is 2.67. The van der Waals surface area contributed by atoms with Gasteiger partial charge in [-0.1, -0.05) is 0 Å². The number of fused-ring (bicyclic) bond motifs is 2. The van der Waals surface area contributed by atoms with Gasteiger partial charge in [-0.05, 0) is 12.8 Å². The number of esters is 2. The highest BCUT2D eigenvalue weighted by Gasteiger charge is 2.84. The van der Waals surface area contributed by atoms with Gasteiger partial charge in [0.1, 0.15) is 10.8 Å². The maximum absolute atomic E-state index is 11.9. The Bertz CT molecular complexity index is 422. The van der Waals surface area contributed by atoms with Crippen LogP contribution < -0.4 is 0 Å². The zero-order valence-corrected chi connectivity index (χ0v) is 9.25. The lowest BCUT2D eigenvalue weighted by atomic mass is 9.59. The van der Waals surface area contributed by atoms with Crippen LogP contribution in [0.3, 0.4) is 0 Å². The summed E-state index contributed by atoms with van der Waals surface area (Å²) < 4.78 is 22.3. The predicted octanol–water partition coefficient (Wildman–Crippen LogP) is -0.634. The summed E-state index contributed by atoms with van der Waals surface area (Å²) in [4.78, 5) is 23.9.